The lowest BCUT2D eigenvalue weighted by molar-refractivity contribution is 1.46. The molecule has 0 spiro atoms. The minimum atomic E-state index is 1.31. The summed E-state index contributed by atoms with van der Waals surface area (Å²) in [6, 6.07) is 44.9. The van der Waals surface area contributed by atoms with Crippen LogP contribution in [0, 0.1) is 13.8 Å². The molecule has 4 aromatic carbocycles. The van der Waals surface area contributed by atoms with E-state index in [-0.39, 0.29) is 0 Å². The lowest BCUT2D eigenvalue weighted by atomic mass is 9.95. The Morgan fingerprint density at radius 3 is 0.958 bits per heavy atom. The molecule has 0 fully saturated rings. The van der Waals surface area contributed by atoms with Crippen molar-refractivity contribution in [2.75, 3.05) is 0 Å². The van der Waals surface area contributed by atoms with Crippen molar-refractivity contribution in [1.82, 2.24) is 0 Å². The number of fused-ring (bicyclic) bond motifs is 6. The van der Waals surface area contributed by atoms with Gasteiger partial charge in [0.1, 0.15) is 0 Å². The smallest absolute Gasteiger partial charge is 0.0636 e. The molecule has 0 aliphatic heterocycles. The second kappa shape index (κ2) is 11.3. The fourth-order valence-corrected chi connectivity index (χ4v) is 15.0. The topological polar surface area (TPSA) is 0 Å². The molecule has 0 atom stereocenters. The van der Waals surface area contributed by atoms with Gasteiger partial charge in [-0.05, 0) is 82.6 Å². The van der Waals surface area contributed by atoms with Crippen molar-refractivity contribution in [2.24, 2.45) is 0 Å². The standard InChI is InChI=1S/C42H26S6/c1-23-11-3-5-13-25(23)27-15-7-9-17-29(27)31-19-35-39(45-31)41-37(43-35)21-33(47-41)34-22-38-42(48-34)40-36(44-38)20-32(46-40)30-18-10-8-16-28(30)26-14-6-4-12-24(26)2/h3-22H,1-2H3. The van der Waals surface area contributed by atoms with Crippen LogP contribution in [0.4, 0.5) is 0 Å². The van der Waals surface area contributed by atoms with Crippen LogP contribution in [0.3, 0.4) is 0 Å². The Kier molecular flexibility index (Phi) is 6.87. The van der Waals surface area contributed by atoms with Gasteiger partial charge in [-0.3, -0.25) is 0 Å². The number of benzene rings is 4. The van der Waals surface area contributed by atoms with Gasteiger partial charge in [0.2, 0.25) is 0 Å². The molecule has 48 heavy (non-hydrogen) atoms. The molecule has 6 heteroatoms. The third kappa shape index (κ3) is 4.62. The van der Waals surface area contributed by atoms with Crippen LogP contribution in [0.15, 0.2) is 121 Å². The highest BCUT2D eigenvalue weighted by Gasteiger charge is 2.20. The average molecular weight is 723 g/mol. The molecule has 6 heterocycles. The predicted molar refractivity (Wildman–Crippen MR) is 220 cm³/mol. The zero-order chi connectivity index (χ0) is 31.9. The van der Waals surface area contributed by atoms with Gasteiger partial charge >= 0.3 is 0 Å². The van der Waals surface area contributed by atoms with Crippen molar-refractivity contribution in [1.29, 1.82) is 0 Å². The highest BCUT2D eigenvalue weighted by molar-refractivity contribution is 7.42. The van der Waals surface area contributed by atoms with Crippen LogP contribution >= 0.6 is 68.0 Å². The maximum atomic E-state index is 2.43. The molecule has 10 rings (SSSR count). The lowest BCUT2D eigenvalue weighted by Gasteiger charge is -2.10. The van der Waals surface area contributed by atoms with Crippen LogP contribution in [-0.4, -0.2) is 0 Å². The van der Waals surface area contributed by atoms with Crippen molar-refractivity contribution in [3.63, 3.8) is 0 Å². The Labute approximate surface area is 302 Å². The molecule has 0 nitrogen and oxygen atoms in total. The minimum absolute atomic E-state index is 1.31. The first kappa shape index (κ1) is 29.1. The zero-order valence-electron chi connectivity index (χ0n) is 26.0. The highest BCUT2D eigenvalue weighted by atomic mass is 32.1. The first-order valence-corrected chi connectivity index (χ1v) is 20.7. The maximum absolute atomic E-state index is 2.43. The van der Waals surface area contributed by atoms with E-state index >= 15 is 0 Å². The van der Waals surface area contributed by atoms with Gasteiger partial charge in [-0.15, -0.1) is 68.0 Å². The number of aryl methyl sites for hydroxylation is 2. The average Bonchev–Trinajstić information content (AvgIpc) is 3.94. The van der Waals surface area contributed by atoms with E-state index in [1.54, 1.807) is 0 Å². The van der Waals surface area contributed by atoms with Crippen LogP contribution in [0.25, 0.3) is 90.5 Å². The maximum Gasteiger partial charge on any atom is 0.0636 e. The van der Waals surface area contributed by atoms with Gasteiger partial charge in [0, 0.05) is 38.3 Å². The van der Waals surface area contributed by atoms with Gasteiger partial charge in [-0.25, -0.2) is 0 Å². The molecule has 0 bridgehead atoms. The third-order valence-electron chi connectivity index (χ3n) is 9.14. The summed E-state index contributed by atoms with van der Waals surface area (Å²) in [5.74, 6) is 0. The minimum Gasteiger partial charge on any atom is -0.133 e. The number of hydrogen-bond donors (Lipinski definition) is 0. The first-order chi connectivity index (χ1) is 23.6. The van der Waals surface area contributed by atoms with Gasteiger partial charge in [-0.2, -0.15) is 0 Å². The molecule has 0 aliphatic rings. The second-order valence-electron chi connectivity index (χ2n) is 12.1. The van der Waals surface area contributed by atoms with Crippen molar-refractivity contribution in [3.8, 4) is 52.9 Å². The molecule has 10 aromatic rings. The summed E-state index contributed by atoms with van der Waals surface area (Å²) in [6.07, 6.45) is 0. The molecule has 0 aliphatic carbocycles. The van der Waals surface area contributed by atoms with Crippen molar-refractivity contribution >= 4 is 106 Å². The predicted octanol–water partition coefficient (Wildman–Crippen LogP) is 15.6. The molecular formula is C42H26S6. The lowest BCUT2D eigenvalue weighted by Crippen LogP contribution is -1.85. The molecule has 0 N–H and O–H groups in total. The van der Waals surface area contributed by atoms with Crippen LogP contribution in [0.2, 0.25) is 0 Å². The van der Waals surface area contributed by atoms with E-state index in [0.29, 0.717) is 0 Å². The van der Waals surface area contributed by atoms with Crippen molar-refractivity contribution < 1.29 is 0 Å². The fourth-order valence-electron chi connectivity index (χ4n) is 6.79. The Morgan fingerprint density at radius 2 is 0.583 bits per heavy atom. The second-order valence-corrected chi connectivity index (χ2v) is 18.5. The van der Waals surface area contributed by atoms with Gasteiger partial charge in [0.05, 0.1) is 18.8 Å². The van der Waals surface area contributed by atoms with E-state index in [9.17, 15) is 0 Å². The monoisotopic (exact) mass is 722 g/mol. The van der Waals surface area contributed by atoms with Crippen LogP contribution < -0.4 is 0 Å². The van der Waals surface area contributed by atoms with E-state index in [1.807, 2.05) is 68.0 Å². The van der Waals surface area contributed by atoms with Crippen molar-refractivity contribution in [2.45, 2.75) is 13.8 Å². The van der Waals surface area contributed by atoms with Gasteiger partial charge in [-0.1, -0.05) is 97.1 Å². The summed E-state index contributed by atoms with van der Waals surface area (Å²) in [6.45, 7) is 4.41. The largest absolute Gasteiger partial charge is 0.133 e. The molecule has 230 valence electrons. The molecule has 0 amide bonds. The summed E-state index contributed by atoms with van der Waals surface area (Å²) in [5, 5.41) is 0. The van der Waals surface area contributed by atoms with Gasteiger partial charge in [0.25, 0.3) is 0 Å². The van der Waals surface area contributed by atoms with Crippen LogP contribution in [0.5, 0.6) is 0 Å². The Balaban J connectivity index is 1.02. The number of thiophene rings is 6. The summed E-state index contributed by atoms with van der Waals surface area (Å²) in [7, 11) is 0. The Morgan fingerprint density at radius 1 is 0.292 bits per heavy atom. The summed E-state index contributed by atoms with van der Waals surface area (Å²) in [5.41, 5.74) is 10.5. The number of rotatable bonds is 5. The highest BCUT2D eigenvalue weighted by Crippen LogP contribution is 2.53. The van der Waals surface area contributed by atoms with E-state index in [1.165, 1.54) is 102 Å². The molecule has 0 saturated carbocycles. The SMILES string of the molecule is Cc1ccccc1-c1ccccc1-c1cc2sc3cc(-c4cc5sc6cc(-c7ccccc7-c7ccccc7C)sc6c5s4)sc3c2s1. The number of hydrogen-bond acceptors (Lipinski definition) is 6. The first-order valence-electron chi connectivity index (χ1n) is 15.8. The molecule has 6 aromatic heterocycles. The summed E-state index contributed by atoms with van der Waals surface area (Å²) in [4.78, 5) is 5.47. The molecule has 0 saturated heterocycles. The van der Waals surface area contributed by atoms with Gasteiger partial charge < -0.3 is 0 Å². The zero-order valence-corrected chi connectivity index (χ0v) is 30.9. The van der Waals surface area contributed by atoms with Crippen molar-refractivity contribution in [3.05, 3.63) is 132 Å². The Hall–Kier alpha value is -3.88. The summed E-state index contributed by atoms with van der Waals surface area (Å²) < 4.78 is 11.3. The fraction of sp³-hybridized carbons (Fsp3) is 0.0476. The van der Waals surface area contributed by atoms with Crippen LogP contribution in [-0.2, 0) is 0 Å². The van der Waals surface area contributed by atoms with E-state index < -0.39 is 0 Å². The van der Waals surface area contributed by atoms with E-state index in [4.69, 9.17) is 0 Å². The normalized spacial score (nSPS) is 12.0. The van der Waals surface area contributed by atoms with Gasteiger partial charge in [0.15, 0.2) is 0 Å². The van der Waals surface area contributed by atoms with E-state index in [2.05, 4.69) is 135 Å². The molecular weight excluding hydrogens is 697 g/mol. The molecule has 0 radical (unpaired) electrons. The Bertz CT molecular complexity index is 2630. The van der Waals surface area contributed by atoms with Crippen LogP contribution in [0.1, 0.15) is 11.1 Å². The third-order valence-corrected chi connectivity index (χ3v) is 17.0. The quantitative estimate of drug-likeness (QED) is 0.166. The molecule has 0 unspecified atom stereocenters. The summed E-state index contributed by atoms with van der Waals surface area (Å²) >= 11 is 11.7. The van der Waals surface area contributed by atoms with E-state index in [0.717, 1.165) is 0 Å².